The first kappa shape index (κ1) is 13.7. The van der Waals surface area contributed by atoms with Crippen molar-refractivity contribution in [2.24, 2.45) is 0 Å². The fourth-order valence-corrected chi connectivity index (χ4v) is 1.42. The van der Waals surface area contributed by atoms with Crippen molar-refractivity contribution >= 4 is 0 Å². The van der Waals surface area contributed by atoms with Crippen molar-refractivity contribution in [3.05, 3.63) is 47.3 Å². The molecule has 0 bridgehead atoms. The van der Waals surface area contributed by atoms with Crippen molar-refractivity contribution in [2.45, 2.75) is 25.6 Å². The summed E-state index contributed by atoms with van der Waals surface area (Å²) in [4.78, 5) is 0. The van der Waals surface area contributed by atoms with Gasteiger partial charge in [0.2, 0.25) is 0 Å². The van der Waals surface area contributed by atoms with Crippen LogP contribution in [0.4, 0.5) is 17.6 Å². The van der Waals surface area contributed by atoms with Crippen molar-refractivity contribution in [3.8, 4) is 0 Å². The molecular formula is C12H12F4O. The molecule has 1 unspecified atom stereocenters. The van der Waals surface area contributed by atoms with Gasteiger partial charge in [-0.2, -0.15) is 13.2 Å². The molecule has 0 spiro atoms. The Morgan fingerprint density at radius 2 is 2.00 bits per heavy atom. The molecule has 0 fully saturated rings. The Kier molecular flexibility index (Phi) is 3.93. The standard InChI is InChI=1S/C12H12F4O/c1-7(2)5-11(17)9-6-8(12(14,15)16)3-4-10(9)13/h3-4,6,11,17H,1,5H2,2H3. The Bertz CT molecular complexity index is 423. The molecule has 0 radical (unpaired) electrons. The van der Waals surface area contributed by atoms with E-state index in [1.54, 1.807) is 6.92 Å². The second kappa shape index (κ2) is 4.87. The molecule has 1 rings (SSSR count). The molecule has 0 amide bonds. The van der Waals surface area contributed by atoms with E-state index in [1.165, 1.54) is 0 Å². The molecule has 17 heavy (non-hydrogen) atoms. The van der Waals surface area contributed by atoms with Gasteiger partial charge in [-0.05, 0) is 31.5 Å². The lowest BCUT2D eigenvalue weighted by molar-refractivity contribution is -0.137. The quantitative estimate of drug-likeness (QED) is 0.636. The lowest BCUT2D eigenvalue weighted by atomic mass is 10.0. The SMILES string of the molecule is C=C(C)CC(O)c1cc(C(F)(F)F)ccc1F. The van der Waals surface area contributed by atoms with E-state index in [-0.39, 0.29) is 12.0 Å². The van der Waals surface area contributed by atoms with Gasteiger partial charge in [-0.25, -0.2) is 4.39 Å². The third-order valence-corrected chi connectivity index (χ3v) is 2.22. The van der Waals surface area contributed by atoms with E-state index in [0.717, 1.165) is 0 Å². The lowest BCUT2D eigenvalue weighted by Gasteiger charge is -2.14. The van der Waals surface area contributed by atoms with Gasteiger partial charge in [-0.15, -0.1) is 6.58 Å². The average Bonchev–Trinajstić information content (AvgIpc) is 2.15. The van der Waals surface area contributed by atoms with Crippen LogP contribution in [0.5, 0.6) is 0 Å². The van der Waals surface area contributed by atoms with Crippen LogP contribution in [-0.4, -0.2) is 5.11 Å². The van der Waals surface area contributed by atoms with E-state index in [4.69, 9.17) is 0 Å². The summed E-state index contributed by atoms with van der Waals surface area (Å²) in [5, 5.41) is 9.59. The summed E-state index contributed by atoms with van der Waals surface area (Å²) in [6.07, 6.45) is -5.83. The molecule has 1 N–H and O–H groups in total. The summed E-state index contributed by atoms with van der Waals surface area (Å²) in [5.74, 6) is -0.855. The predicted molar refractivity (Wildman–Crippen MR) is 55.8 cm³/mol. The Morgan fingerprint density at radius 3 is 2.47 bits per heavy atom. The van der Waals surface area contributed by atoms with Gasteiger partial charge in [0.25, 0.3) is 0 Å². The first-order chi connectivity index (χ1) is 7.71. The number of alkyl halides is 3. The fourth-order valence-electron chi connectivity index (χ4n) is 1.42. The van der Waals surface area contributed by atoms with Crippen LogP contribution in [0.25, 0.3) is 0 Å². The second-order valence-electron chi connectivity index (χ2n) is 3.91. The van der Waals surface area contributed by atoms with Gasteiger partial charge < -0.3 is 5.11 Å². The number of aliphatic hydroxyl groups is 1. The maximum absolute atomic E-state index is 13.3. The van der Waals surface area contributed by atoms with Gasteiger partial charge >= 0.3 is 6.18 Å². The molecule has 1 atom stereocenters. The van der Waals surface area contributed by atoms with Gasteiger partial charge in [-0.1, -0.05) is 5.57 Å². The Hall–Kier alpha value is -1.36. The maximum atomic E-state index is 13.3. The number of aliphatic hydroxyl groups excluding tert-OH is 1. The zero-order valence-electron chi connectivity index (χ0n) is 9.18. The highest BCUT2D eigenvalue weighted by molar-refractivity contribution is 5.29. The van der Waals surface area contributed by atoms with Crippen molar-refractivity contribution in [3.63, 3.8) is 0 Å². The Labute approximate surface area is 96.4 Å². The topological polar surface area (TPSA) is 20.2 Å². The fraction of sp³-hybridized carbons (Fsp3) is 0.333. The van der Waals surface area contributed by atoms with Crippen LogP contribution < -0.4 is 0 Å². The molecule has 0 aliphatic carbocycles. The van der Waals surface area contributed by atoms with E-state index in [0.29, 0.717) is 23.8 Å². The van der Waals surface area contributed by atoms with Crippen LogP contribution in [0.2, 0.25) is 0 Å². The molecule has 0 saturated carbocycles. The summed E-state index contributed by atoms with van der Waals surface area (Å²) in [6, 6.07) is 1.98. The van der Waals surface area contributed by atoms with Crippen LogP contribution in [0.1, 0.15) is 30.6 Å². The summed E-state index contributed by atoms with van der Waals surface area (Å²) in [7, 11) is 0. The molecule has 1 aromatic carbocycles. The molecule has 0 aromatic heterocycles. The third kappa shape index (κ3) is 3.56. The van der Waals surface area contributed by atoms with Gasteiger partial charge in [0.1, 0.15) is 5.82 Å². The lowest BCUT2D eigenvalue weighted by Crippen LogP contribution is -2.08. The molecular weight excluding hydrogens is 236 g/mol. The molecule has 0 aliphatic rings. The molecule has 5 heteroatoms. The highest BCUT2D eigenvalue weighted by atomic mass is 19.4. The van der Waals surface area contributed by atoms with E-state index in [2.05, 4.69) is 6.58 Å². The number of hydrogen-bond donors (Lipinski definition) is 1. The van der Waals surface area contributed by atoms with Crippen LogP contribution in [0.3, 0.4) is 0 Å². The summed E-state index contributed by atoms with van der Waals surface area (Å²) < 4.78 is 50.5. The van der Waals surface area contributed by atoms with Crippen molar-refractivity contribution in [2.75, 3.05) is 0 Å². The van der Waals surface area contributed by atoms with Gasteiger partial charge in [0, 0.05) is 5.56 Å². The minimum atomic E-state index is -4.55. The average molecular weight is 248 g/mol. The first-order valence-corrected chi connectivity index (χ1v) is 4.91. The highest BCUT2D eigenvalue weighted by Crippen LogP contribution is 2.32. The monoisotopic (exact) mass is 248 g/mol. The van der Waals surface area contributed by atoms with Crippen LogP contribution in [0.15, 0.2) is 30.4 Å². The van der Waals surface area contributed by atoms with Gasteiger partial charge in [-0.3, -0.25) is 0 Å². The second-order valence-corrected chi connectivity index (χ2v) is 3.91. The van der Waals surface area contributed by atoms with Gasteiger partial charge in [0.15, 0.2) is 0 Å². The maximum Gasteiger partial charge on any atom is 0.416 e. The summed E-state index contributed by atoms with van der Waals surface area (Å²) in [6.45, 7) is 5.12. The molecule has 1 aromatic rings. The van der Waals surface area contributed by atoms with Gasteiger partial charge in [0.05, 0.1) is 11.7 Å². The van der Waals surface area contributed by atoms with Crippen LogP contribution in [0, 0.1) is 5.82 Å². The van der Waals surface area contributed by atoms with Crippen molar-refractivity contribution < 1.29 is 22.7 Å². The number of rotatable bonds is 3. The normalized spacial score (nSPS) is 13.5. The molecule has 0 heterocycles. The highest BCUT2D eigenvalue weighted by Gasteiger charge is 2.31. The Balaban J connectivity index is 3.10. The number of benzene rings is 1. The van der Waals surface area contributed by atoms with E-state index in [1.807, 2.05) is 0 Å². The van der Waals surface area contributed by atoms with Crippen LogP contribution >= 0.6 is 0 Å². The predicted octanol–water partition coefficient (Wildman–Crippen LogP) is 3.84. The molecule has 0 aliphatic heterocycles. The minimum absolute atomic E-state index is 0.0260. The third-order valence-electron chi connectivity index (χ3n) is 2.22. The largest absolute Gasteiger partial charge is 0.416 e. The number of hydrogen-bond acceptors (Lipinski definition) is 1. The Morgan fingerprint density at radius 1 is 1.41 bits per heavy atom. The zero-order chi connectivity index (χ0) is 13.2. The smallest absolute Gasteiger partial charge is 0.388 e. The van der Waals surface area contributed by atoms with Crippen molar-refractivity contribution in [1.82, 2.24) is 0 Å². The minimum Gasteiger partial charge on any atom is -0.388 e. The van der Waals surface area contributed by atoms with E-state index in [9.17, 15) is 22.7 Å². The summed E-state index contributed by atoms with van der Waals surface area (Å²) >= 11 is 0. The van der Waals surface area contributed by atoms with Crippen LogP contribution in [-0.2, 0) is 6.18 Å². The van der Waals surface area contributed by atoms with E-state index >= 15 is 0 Å². The summed E-state index contributed by atoms with van der Waals surface area (Å²) in [5.41, 5.74) is -0.771. The zero-order valence-corrected chi connectivity index (χ0v) is 9.18. The molecule has 1 nitrogen and oxygen atoms in total. The number of halogens is 4. The molecule has 0 saturated heterocycles. The first-order valence-electron chi connectivity index (χ1n) is 4.91. The van der Waals surface area contributed by atoms with E-state index < -0.39 is 23.7 Å². The van der Waals surface area contributed by atoms with Crippen molar-refractivity contribution in [1.29, 1.82) is 0 Å². The molecule has 94 valence electrons.